The Labute approximate surface area is 193 Å². The zero-order valence-electron chi connectivity index (χ0n) is 18.0. The van der Waals surface area contributed by atoms with Gasteiger partial charge in [-0.25, -0.2) is 0 Å². The molecular formula is C21H40IN5S. The van der Waals surface area contributed by atoms with Gasteiger partial charge in [-0.1, -0.05) is 19.3 Å². The molecule has 1 aromatic rings. The topological polar surface area (TPSA) is 42.9 Å². The van der Waals surface area contributed by atoms with Gasteiger partial charge >= 0.3 is 0 Å². The van der Waals surface area contributed by atoms with Crippen molar-refractivity contribution in [3.05, 3.63) is 17.5 Å². The van der Waals surface area contributed by atoms with Crippen molar-refractivity contribution in [2.75, 3.05) is 51.7 Å². The van der Waals surface area contributed by atoms with E-state index in [0.29, 0.717) is 6.04 Å². The molecule has 0 bridgehead atoms. The molecule has 0 saturated carbocycles. The Morgan fingerprint density at radius 3 is 2.54 bits per heavy atom. The van der Waals surface area contributed by atoms with E-state index in [2.05, 4.69) is 59.0 Å². The molecule has 2 rings (SSSR count). The number of halogens is 1. The minimum Gasteiger partial charge on any atom is -0.363 e. The average molecular weight is 522 g/mol. The van der Waals surface area contributed by atoms with Gasteiger partial charge in [0.25, 0.3) is 0 Å². The Morgan fingerprint density at radius 2 is 1.89 bits per heavy atom. The number of piperidine rings is 1. The second-order valence-electron chi connectivity index (χ2n) is 7.69. The Balaban J connectivity index is 0.00000392. The predicted octanol–water partition coefficient (Wildman–Crippen LogP) is 4.40. The number of rotatable bonds is 11. The van der Waals surface area contributed by atoms with Crippen LogP contribution in [0.2, 0.25) is 0 Å². The highest BCUT2D eigenvalue weighted by molar-refractivity contribution is 14.0. The van der Waals surface area contributed by atoms with Crippen LogP contribution in [-0.4, -0.2) is 63.7 Å². The first-order chi connectivity index (χ1) is 13.2. The smallest absolute Gasteiger partial charge is 0.191 e. The van der Waals surface area contributed by atoms with Gasteiger partial charge in [-0.2, -0.15) is 0 Å². The van der Waals surface area contributed by atoms with Crippen LogP contribution in [0.15, 0.2) is 22.5 Å². The lowest BCUT2D eigenvalue weighted by Crippen LogP contribution is -2.48. The van der Waals surface area contributed by atoms with E-state index in [0.717, 1.165) is 32.1 Å². The molecule has 0 aromatic carbocycles. The quantitative estimate of drug-likeness (QED) is 0.196. The first-order valence-electron chi connectivity index (χ1n) is 10.7. The summed E-state index contributed by atoms with van der Waals surface area (Å²) in [4.78, 5) is 9.57. The van der Waals surface area contributed by atoms with Crippen molar-refractivity contribution in [1.29, 1.82) is 0 Å². The molecule has 7 heteroatoms. The van der Waals surface area contributed by atoms with Gasteiger partial charge in [0.2, 0.25) is 0 Å². The number of hydrogen-bond acceptors (Lipinski definition) is 4. The van der Waals surface area contributed by atoms with Crippen molar-refractivity contribution in [3.8, 4) is 0 Å². The van der Waals surface area contributed by atoms with E-state index >= 15 is 0 Å². The van der Waals surface area contributed by atoms with Crippen molar-refractivity contribution in [2.45, 2.75) is 57.9 Å². The number of nitrogens with zero attached hydrogens (tertiary/aromatic N) is 3. The molecule has 162 valence electrons. The summed E-state index contributed by atoms with van der Waals surface area (Å²) < 4.78 is 0. The molecule has 1 fully saturated rings. The molecule has 1 aliphatic rings. The molecular weight excluding hydrogens is 481 g/mol. The first-order valence-corrected chi connectivity index (χ1v) is 11.5. The Morgan fingerprint density at radius 1 is 1.18 bits per heavy atom. The van der Waals surface area contributed by atoms with Gasteiger partial charge in [-0.05, 0) is 70.8 Å². The molecule has 5 nitrogen and oxygen atoms in total. The van der Waals surface area contributed by atoms with Crippen LogP contribution in [-0.2, 0) is 0 Å². The molecule has 2 N–H and O–H groups in total. The van der Waals surface area contributed by atoms with E-state index in [1.54, 1.807) is 0 Å². The third-order valence-corrected chi connectivity index (χ3v) is 5.96. The lowest BCUT2D eigenvalue weighted by Gasteiger charge is -2.33. The maximum Gasteiger partial charge on any atom is 0.191 e. The van der Waals surface area contributed by atoms with E-state index in [1.807, 2.05) is 11.3 Å². The minimum atomic E-state index is 0. The highest BCUT2D eigenvalue weighted by Crippen LogP contribution is 2.24. The molecule has 0 amide bonds. The molecule has 0 spiro atoms. The summed E-state index contributed by atoms with van der Waals surface area (Å²) in [6.45, 7) is 7.45. The fourth-order valence-electron chi connectivity index (χ4n) is 3.47. The summed E-state index contributed by atoms with van der Waals surface area (Å²) in [5, 5.41) is 10.6. The Bertz CT molecular complexity index is 513. The van der Waals surface area contributed by atoms with Gasteiger partial charge in [0, 0.05) is 32.2 Å². The number of nitrogens with one attached hydrogen (secondary N) is 2. The van der Waals surface area contributed by atoms with Crippen LogP contribution >= 0.6 is 35.3 Å². The van der Waals surface area contributed by atoms with E-state index < -0.39 is 0 Å². The summed E-state index contributed by atoms with van der Waals surface area (Å²) in [7, 11) is 4.30. The van der Waals surface area contributed by atoms with Gasteiger partial charge < -0.3 is 20.4 Å². The standard InChI is InChI=1S/C21H39N5S.HI/c1-4-22-21(23-14-8-6-5-7-9-15-25(2)3)24-19-12-16-26(17-13-19)20-11-10-18-27-20;/h10-11,18-19H,4-9,12-17H2,1-3H3,(H2,22,23,24);1H. The monoisotopic (exact) mass is 521 g/mol. The SMILES string of the molecule is CCNC(=NCCCCCCCN(C)C)NC1CCN(c2cccs2)CC1.I. The summed E-state index contributed by atoms with van der Waals surface area (Å²) in [6.07, 6.45) is 8.80. The van der Waals surface area contributed by atoms with Crippen LogP contribution in [0.4, 0.5) is 5.00 Å². The Kier molecular flexibility index (Phi) is 14.0. The van der Waals surface area contributed by atoms with Gasteiger partial charge in [0.1, 0.15) is 0 Å². The van der Waals surface area contributed by atoms with Gasteiger partial charge in [-0.3, -0.25) is 4.99 Å². The summed E-state index contributed by atoms with van der Waals surface area (Å²) in [5.74, 6) is 1.000. The van der Waals surface area contributed by atoms with E-state index in [9.17, 15) is 0 Å². The van der Waals surface area contributed by atoms with E-state index in [1.165, 1.54) is 56.5 Å². The second-order valence-corrected chi connectivity index (χ2v) is 8.61. The molecule has 1 saturated heterocycles. The zero-order chi connectivity index (χ0) is 19.3. The second kappa shape index (κ2) is 15.3. The van der Waals surface area contributed by atoms with Gasteiger partial charge in [0.05, 0.1) is 5.00 Å². The van der Waals surface area contributed by atoms with Crippen molar-refractivity contribution in [3.63, 3.8) is 0 Å². The number of anilines is 1. The molecule has 0 unspecified atom stereocenters. The minimum absolute atomic E-state index is 0. The van der Waals surface area contributed by atoms with E-state index in [-0.39, 0.29) is 24.0 Å². The number of unbranched alkanes of at least 4 members (excludes halogenated alkanes) is 4. The van der Waals surface area contributed by atoms with Gasteiger partial charge in [-0.15, -0.1) is 35.3 Å². The molecule has 0 radical (unpaired) electrons. The number of aliphatic imine (C=N–C) groups is 1. The third-order valence-electron chi connectivity index (χ3n) is 5.03. The van der Waals surface area contributed by atoms with E-state index in [4.69, 9.17) is 4.99 Å². The summed E-state index contributed by atoms with van der Waals surface area (Å²) >= 11 is 1.84. The van der Waals surface area contributed by atoms with Crippen LogP contribution < -0.4 is 15.5 Å². The van der Waals surface area contributed by atoms with Crippen LogP contribution in [0.25, 0.3) is 0 Å². The van der Waals surface area contributed by atoms with Gasteiger partial charge in [0.15, 0.2) is 5.96 Å². The number of thiophene rings is 1. The first kappa shape index (κ1) is 25.5. The molecule has 28 heavy (non-hydrogen) atoms. The number of hydrogen-bond donors (Lipinski definition) is 2. The molecule has 2 heterocycles. The fraction of sp³-hybridized carbons (Fsp3) is 0.762. The maximum atomic E-state index is 4.80. The normalized spacial score (nSPS) is 15.6. The highest BCUT2D eigenvalue weighted by atomic mass is 127. The molecule has 0 atom stereocenters. The molecule has 1 aromatic heterocycles. The Hall–Kier alpha value is -0.540. The van der Waals surface area contributed by atoms with Crippen LogP contribution in [0.1, 0.15) is 51.9 Å². The van der Waals surface area contributed by atoms with Crippen LogP contribution in [0, 0.1) is 0 Å². The van der Waals surface area contributed by atoms with Crippen molar-refractivity contribution >= 4 is 46.3 Å². The van der Waals surface area contributed by atoms with Crippen molar-refractivity contribution < 1.29 is 0 Å². The van der Waals surface area contributed by atoms with Crippen molar-refractivity contribution in [1.82, 2.24) is 15.5 Å². The van der Waals surface area contributed by atoms with Crippen molar-refractivity contribution in [2.24, 2.45) is 4.99 Å². The zero-order valence-corrected chi connectivity index (χ0v) is 21.1. The maximum absolute atomic E-state index is 4.80. The molecule has 0 aliphatic carbocycles. The lowest BCUT2D eigenvalue weighted by atomic mass is 10.1. The predicted molar refractivity (Wildman–Crippen MR) is 136 cm³/mol. The number of guanidine groups is 1. The summed E-state index contributed by atoms with van der Waals surface area (Å²) in [6, 6.07) is 4.90. The summed E-state index contributed by atoms with van der Waals surface area (Å²) in [5.41, 5.74) is 0. The fourth-order valence-corrected chi connectivity index (χ4v) is 4.25. The molecule has 1 aliphatic heterocycles. The highest BCUT2D eigenvalue weighted by Gasteiger charge is 2.20. The van der Waals surface area contributed by atoms with Crippen LogP contribution in [0.5, 0.6) is 0 Å². The van der Waals surface area contributed by atoms with Crippen LogP contribution in [0.3, 0.4) is 0 Å². The lowest BCUT2D eigenvalue weighted by molar-refractivity contribution is 0.390. The average Bonchev–Trinajstić information content (AvgIpc) is 3.19. The largest absolute Gasteiger partial charge is 0.363 e. The third kappa shape index (κ3) is 10.3.